The van der Waals surface area contributed by atoms with Crippen LogP contribution in [0.5, 0.6) is 0 Å². The lowest BCUT2D eigenvalue weighted by molar-refractivity contribution is 0.312. The predicted molar refractivity (Wildman–Crippen MR) is 139 cm³/mol. The summed E-state index contributed by atoms with van der Waals surface area (Å²) in [5.74, 6) is 1.66. The van der Waals surface area contributed by atoms with E-state index in [0.29, 0.717) is 6.54 Å². The zero-order valence-electron chi connectivity index (χ0n) is 19.0. The third-order valence-corrected chi connectivity index (χ3v) is 6.31. The smallest absolute Gasteiger partial charge is 0.191 e. The molecule has 1 aliphatic carbocycles. The van der Waals surface area contributed by atoms with Gasteiger partial charge in [0.1, 0.15) is 11.6 Å². The monoisotopic (exact) mass is 552 g/mol. The van der Waals surface area contributed by atoms with Crippen LogP contribution in [-0.4, -0.2) is 62.2 Å². The van der Waals surface area contributed by atoms with Gasteiger partial charge in [0.05, 0.1) is 6.54 Å². The molecule has 1 saturated carbocycles. The molecule has 0 amide bonds. The summed E-state index contributed by atoms with van der Waals surface area (Å²) in [6.07, 6.45) is 4.00. The van der Waals surface area contributed by atoms with Crippen LogP contribution in [0.15, 0.2) is 47.6 Å². The number of pyridine rings is 1. The Morgan fingerprint density at radius 2 is 1.91 bits per heavy atom. The van der Waals surface area contributed by atoms with Crippen molar-refractivity contribution < 1.29 is 4.39 Å². The third-order valence-electron chi connectivity index (χ3n) is 6.31. The second kappa shape index (κ2) is 11.3. The Kier molecular flexibility index (Phi) is 8.70. The molecule has 1 saturated heterocycles. The number of halogens is 2. The number of rotatable bonds is 7. The summed E-state index contributed by atoms with van der Waals surface area (Å²) in [6.45, 7) is 8.24. The highest BCUT2D eigenvalue weighted by Gasteiger charge is 2.44. The molecule has 0 spiro atoms. The first-order valence-corrected chi connectivity index (χ1v) is 11.3. The predicted octanol–water partition coefficient (Wildman–Crippen LogP) is 3.38. The summed E-state index contributed by atoms with van der Waals surface area (Å²) in [4.78, 5) is 14.2. The Morgan fingerprint density at radius 3 is 2.59 bits per heavy atom. The topological polar surface area (TPSA) is 55.8 Å². The van der Waals surface area contributed by atoms with Crippen molar-refractivity contribution in [3.05, 3.63) is 59.5 Å². The molecule has 1 aliphatic heterocycles. The van der Waals surface area contributed by atoms with E-state index in [9.17, 15) is 4.39 Å². The molecular formula is C24H34FIN6. The maximum absolute atomic E-state index is 13.7. The number of nitrogens with one attached hydrogen (secondary N) is 2. The quantitative estimate of drug-likeness (QED) is 0.314. The van der Waals surface area contributed by atoms with Crippen molar-refractivity contribution in [1.29, 1.82) is 0 Å². The van der Waals surface area contributed by atoms with Gasteiger partial charge in [-0.05, 0) is 50.6 Å². The van der Waals surface area contributed by atoms with Gasteiger partial charge < -0.3 is 20.4 Å². The number of aliphatic imine (C=N–C) groups is 1. The molecule has 6 nitrogen and oxygen atoms in total. The SMILES string of the molecule is CCNC(=NCc1cccnc1N1CCN(C)CC1)NCC1(c2cccc(F)c2)CC1.I. The van der Waals surface area contributed by atoms with Crippen LogP contribution in [0, 0.1) is 5.82 Å². The van der Waals surface area contributed by atoms with E-state index in [0.717, 1.165) is 75.0 Å². The van der Waals surface area contributed by atoms with Gasteiger partial charge in [-0.2, -0.15) is 0 Å². The summed E-state index contributed by atoms with van der Waals surface area (Å²) in [7, 11) is 2.16. The number of likely N-dealkylation sites (N-methyl/N-ethyl adjacent to an activating group) is 1. The largest absolute Gasteiger partial charge is 0.357 e. The van der Waals surface area contributed by atoms with Crippen LogP contribution in [-0.2, 0) is 12.0 Å². The Bertz CT molecular complexity index is 909. The van der Waals surface area contributed by atoms with E-state index in [1.54, 1.807) is 12.1 Å². The minimum Gasteiger partial charge on any atom is -0.357 e. The van der Waals surface area contributed by atoms with E-state index >= 15 is 0 Å². The molecule has 1 aromatic carbocycles. The average Bonchev–Trinajstić information content (AvgIpc) is 3.58. The number of benzene rings is 1. The number of nitrogens with zero attached hydrogens (tertiary/aromatic N) is 4. The normalized spacial score (nSPS) is 18.1. The lowest BCUT2D eigenvalue weighted by Crippen LogP contribution is -2.45. The van der Waals surface area contributed by atoms with Crippen LogP contribution in [0.1, 0.15) is 30.9 Å². The van der Waals surface area contributed by atoms with E-state index in [1.165, 1.54) is 6.07 Å². The molecule has 32 heavy (non-hydrogen) atoms. The van der Waals surface area contributed by atoms with Crippen LogP contribution < -0.4 is 15.5 Å². The van der Waals surface area contributed by atoms with Crippen LogP contribution in [0.2, 0.25) is 0 Å². The molecule has 2 aliphatic rings. The minimum atomic E-state index is -0.169. The fourth-order valence-corrected chi connectivity index (χ4v) is 4.15. The van der Waals surface area contributed by atoms with E-state index in [1.807, 2.05) is 18.3 Å². The van der Waals surface area contributed by atoms with Gasteiger partial charge in [0.2, 0.25) is 0 Å². The molecule has 174 valence electrons. The summed E-state index contributed by atoms with van der Waals surface area (Å²) in [6, 6.07) is 11.1. The summed E-state index contributed by atoms with van der Waals surface area (Å²) >= 11 is 0. The molecule has 1 aromatic heterocycles. The van der Waals surface area contributed by atoms with Gasteiger partial charge in [-0.15, -0.1) is 24.0 Å². The van der Waals surface area contributed by atoms with E-state index in [-0.39, 0.29) is 35.2 Å². The van der Waals surface area contributed by atoms with Crippen LogP contribution >= 0.6 is 24.0 Å². The molecule has 4 rings (SSSR count). The van der Waals surface area contributed by atoms with Gasteiger partial charge in [-0.1, -0.05) is 18.2 Å². The highest BCUT2D eigenvalue weighted by Crippen LogP contribution is 2.47. The molecule has 2 aromatic rings. The number of hydrogen-bond acceptors (Lipinski definition) is 4. The van der Waals surface area contributed by atoms with Crippen molar-refractivity contribution in [3.63, 3.8) is 0 Å². The van der Waals surface area contributed by atoms with Crippen LogP contribution in [0.25, 0.3) is 0 Å². The van der Waals surface area contributed by atoms with Crippen molar-refractivity contribution in [2.45, 2.75) is 31.7 Å². The Labute approximate surface area is 207 Å². The van der Waals surface area contributed by atoms with Crippen molar-refractivity contribution in [1.82, 2.24) is 20.5 Å². The number of guanidine groups is 1. The zero-order chi connectivity index (χ0) is 21.7. The lowest BCUT2D eigenvalue weighted by atomic mass is 9.96. The summed E-state index contributed by atoms with van der Waals surface area (Å²) in [5.41, 5.74) is 2.22. The maximum Gasteiger partial charge on any atom is 0.191 e. The molecule has 0 atom stereocenters. The molecule has 2 fully saturated rings. The highest BCUT2D eigenvalue weighted by molar-refractivity contribution is 14.0. The zero-order valence-corrected chi connectivity index (χ0v) is 21.3. The first-order chi connectivity index (χ1) is 15.1. The fourth-order valence-electron chi connectivity index (χ4n) is 4.15. The minimum absolute atomic E-state index is 0. The van der Waals surface area contributed by atoms with E-state index in [4.69, 9.17) is 4.99 Å². The van der Waals surface area contributed by atoms with Gasteiger partial charge >= 0.3 is 0 Å². The fraction of sp³-hybridized carbons (Fsp3) is 0.500. The molecule has 2 heterocycles. The van der Waals surface area contributed by atoms with Crippen molar-refractivity contribution in [2.24, 2.45) is 4.99 Å². The van der Waals surface area contributed by atoms with E-state index < -0.39 is 0 Å². The van der Waals surface area contributed by atoms with Gasteiger partial charge in [0.15, 0.2) is 5.96 Å². The maximum atomic E-state index is 13.7. The second-order valence-electron chi connectivity index (χ2n) is 8.62. The van der Waals surface area contributed by atoms with Crippen LogP contribution in [0.4, 0.5) is 10.2 Å². The molecule has 2 N–H and O–H groups in total. The summed E-state index contributed by atoms with van der Waals surface area (Å²) < 4.78 is 13.7. The number of anilines is 1. The molecule has 0 bridgehead atoms. The first-order valence-electron chi connectivity index (χ1n) is 11.3. The first kappa shape index (κ1) is 24.7. The lowest BCUT2D eigenvalue weighted by Gasteiger charge is -2.34. The van der Waals surface area contributed by atoms with E-state index in [2.05, 4.69) is 45.5 Å². The number of piperazine rings is 1. The number of hydrogen-bond donors (Lipinski definition) is 2. The van der Waals surface area contributed by atoms with Crippen molar-refractivity contribution in [3.8, 4) is 0 Å². The number of aromatic nitrogens is 1. The van der Waals surface area contributed by atoms with Crippen molar-refractivity contribution in [2.75, 3.05) is 51.2 Å². The highest BCUT2D eigenvalue weighted by atomic mass is 127. The summed E-state index contributed by atoms with van der Waals surface area (Å²) in [5, 5.41) is 6.84. The van der Waals surface area contributed by atoms with Gasteiger partial charge in [0, 0.05) is 56.4 Å². The van der Waals surface area contributed by atoms with Gasteiger partial charge in [-0.3, -0.25) is 0 Å². The molecule has 0 radical (unpaired) electrons. The van der Waals surface area contributed by atoms with Crippen molar-refractivity contribution >= 4 is 35.8 Å². The average molecular weight is 552 g/mol. The third kappa shape index (κ3) is 6.10. The Morgan fingerprint density at radius 1 is 1.12 bits per heavy atom. The van der Waals surface area contributed by atoms with Gasteiger partial charge in [0.25, 0.3) is 0 Å². The molecule has 0 unspecified atom stereocenters. The van der Waals surface area contributed by atoms with Crippen LogP contribution in [0.3, 0.4) is 0 Å². The standard InChI is InChI=1S/C24H33FN6.HI/c1-3-26-23(29-18-24(9-10-24)20-7-4-8-21(25)16-20)28-17-19-6-5-11-27-22(19)31-14-12-30(2)13-15-31;/h4-8,11,16H,3,9-10,12-15,17-18H2,1-2H3,(H2,26,28,29);1H. The Hall–Kier alpha value is -1.94. The molecular weight excluding hydrogens is 518 g/mol. The molecule has 8 heteroatoms. The Balaban J connectivity index is 0.00000289. The van der Waals surface area contributed by atoms with Gasteiger partial charge in [-0.25, -0.2) is 14.4 Å². The second-order valence-corrected chi connectivity index (χ2v) is 8.62.